The summed E-state index contributed by atoms with van der Waals surface area (Å²) in [5.74, 6) is 0.239. The van der Waals surface area contributed by atoms with E-state index < -0.39 is 23.6 Å². The van der Waals surface area contributed by atoms with Crippen LogP contribution in [0, 0.1) is 0 Å². The molecule has 1 atom stereocenters. The molecule has 3 rings (SSSR count). The zero-order valence-electron chi connectivity index (χ0n) is 20.0. The Bertz CT molecular complexity index is 1130. The first-order valence-corrected chi connectivity index (χ1v) is 11.2. The molecule has 4 N–H and O–H groups in total. The number of nitrogens with one attached hydrogen (secondary N) is 2. The van der Waals surface area contributed by atoms with Crippen molar-refractivity contribution in [3.05, 3.63) is 73.1 Å². The molecule has 1 heterocycles. The number of amides is 3. The van der Waals surface area contributed by atoms with E-state index >= 15 is 0 Å². The minimum atomic E-state index is -1.02. The van der Waals surface area contributed by atoms with Crippen molar-refractivity contribution in [2.24, 2.45) is 5.73 Å². The molecule has 35 heavy (non-hydrogen) atoms. The van der Waals surface area contributed by atoms with Crippen LogP contribution in [0.2, 0.25) is 0 Å². The normalized spacial score (nSPS) is 11.9. The van der Waals surface area contributed by atoms with E-state index in [4.69, 9.17) is 15.2 Å². The van der Waals surface area contributed by atoms with Crippen LogP contribution in [0.5, 0.6) is 11.5 Å². The summed E-state index contributed by atoms with van der Waals surface area (Å²) in [5, 5.41) is 5.15. The Morgan fingerprint density at radius 1 is 0.943 bits per heavy atom. The lowest BCUT2D eigenvalue weighted by Gasteiger charge is -2.22. The molecule has 0 unspecified atom stereocenters. The van der Waals surface area contributed by atoms with Crippen molar-refractivity contribution in [1.82, 2.24) is 9.88 Å². The lowest BCUT2D eigenvalue weighted by atomic mass is 10.1. The number of carbonyl (C=O) groups is 3. The Labute approximate surface area is 204 Å². The highest BCUT2D eigenvalue weighted by atomic mass is 16.6. The molecule has 1 aromatic heterocycles. The summed E-state index contributed by atoms with van der Waals surface area (Å²) < 4.78 is 13.0. The van der Waals surface area contributed by atoms with E-state index in [1.54, 1.807) is 45.0 Å². The quantitative estimate of drug-likeness (QED) is 0.421. The van der Waals surface area contributed by atoms with Gasteiger partial charge < -0.3 is 30.4 Å². The largest absolute Gasteiger partial charge is 0.457 e. The molecular weight excluding hydrogens is 448 g/mol. The molecule has 9 heteroatoms. The van der Waals surface area contributed by atoms with E-state index in [2.05, 4.69) is 10.6 Å². The number of rotatable bonds is 9. The zero-order chi connectivity index (χ0) is 25.4. The van der Waals surface area contributed by atoms with Gasteiger partial charge in [-0.1, -0.05) is 0 Å². The number of carbonyl (C=O) groups excluding carboxylic acids is 3. The number of hydrogen-bond acceptors (Lipinski definition) is 5. The smallest absolute Gasteiger partial charge is 0.408 e. The van der Waals surface area contributed by atoms with Gasteiger partial charge in [0, 0.05) is 30.2 Å². The van der Waals surface area contributed by atoms with Crippen molar-refractivity contribution in [3.63, 3.8) is 0 Å². The first-order valence-electron chi connectivity index (χ1n) is 11.2. The first kappa shape index (κ1) is 25.4. The molecular formula is C26H30N4O5. The Morgan fingerprint density at radius 3 is 2.06 bits per heavy atom. The van der Waals surface area contributed by atoms with Gasteiger partial charge >= 0.3 is 6.09 Å². The van der Waals surface area contributed by atoms with Crippen LogP contribution in [0.4, 0.5) is 10.5 Å². The minimum absolute atomic E-state index is 0.0185. The van der Waals surface area contributed by atoms with Crippen LogP contribution in [-0.2, 0) is 14.3 Å². The van der Waals surface area contributed by atoms with Crippen molar-refractivity contribution in [2.75, 3.05) is 5.32 Å². The van der Waals surface area contributed by atoms with Gasteiger partial charge in [0.2, 0.25) is 11.8 Å². The summed E-state index contributed by atoms with van der Waals surface area (Å²) in [4.78, 5) is 35.8. The molecule has 0 aliphatic carbocycles. The second-order valence-electron chi connectivity index (χ2n) is 8.90. The number of benzene rings is 2. The molecule has 3 amide bonds. The van der Waals surface area contributed by atoms with Crippen molar-refractivity contribution < 1.29 is 23.9 Å². The molecule has 0 spiro atoms. The van der Waals surface area contributed by atoms with Gasteiger partial charge in [-0.25, -0.2) is 4.79 Å². The average Bonchev–Trinajstić information content (AvgIpc) is 3.32. The fourth-order valence-corrected chi connectivity index (χ4v) is 3.17. The van der Waals surface area contributed by atoms with Gasteiger partial charge in [0.1, 0.15) is 23.1 Å². The maximum Gasteiger partial charge on any atom is 0.408 e. The van der Waals surface area contributed by atoms with Crippen LogP contribution >= 0.6 is 0 Å². The van der Waals surface area contributed by atoms with E-state index in [1.807, 2.05) is 53.4 Å². The SMILES string of the molecule is CC(C)(C)OC(=O)N[C@@H](CCC(=O)Nc1ccc(Oc2ccc(-n3cccc3)cc2)cc1)C(N)=O. The predicted octanol–water partition coefficient (Wildman–Crippen LogP) is 4.37. The number of aromatic nitrogens is 1. The third kappa shape index (κ3) is 8.22. The summed E-state index contributed by atoms with van der Waals surface area (Å²) in [6.07, 6.45) is 3.19. The fraction of sp³-hybridized carbons (Fsp3) is 0.269. The molecule has 0 saturated heterocycles. The Kier molecular flexibility index (Phi) is 8.14. The molecule has 2 aromatic carbocycles. The summed E-state index contributed by atoms with van der Waals surface area (Å²) in [6.45, 7) is 5.11. The maximum absolute atomic E-state index is 12.3. The molecule has 0 aliphatic rings. The number of nitrogens with two attached hydrogens (primary N) is 1. The van der Waals surface area contributed by atoms with E-state index in [0.717, 1.165) is 5.69 Å². The van der Waals surface area contributed by atoms with E-state index in [-0.39, 0.29) is 18.7 Å². The number of alkyl carbamates (subject to hydrolysis) is 1. The Balaban J connectivity index is 1.48. The van der Waals surface area contributed by atoms with Gasteiger partial charge in [0.25, 0.3) is 0 Å². The number of primary amides is 1. The lowest BCUT2D eigenvalue weighted by molar-refractivity contribution is -0.120. The van der Waals surface area contributed by atoms with Crippen molar-refractivity contribution >= 4 is 23.6 Å². The fourth-order valence-electron chi connectivity index (χ4n) is 3.17. The molecule has 0 bridgehead atoms. The summed E-state index contributed by atoms with van der Waals surface area (Å²) in [6, 6.07) is 17.5. The molecule has 3 aromatic rings. The third-order valence-corrected chi connectivity index (χ3v) is 4.81. The molecule has 9 nitrogen and oxygen atoms in total. The Morgan fingerprint density at radius 2 is 1.51 bits per heavy atom. The highest BCUT2D eigenvalue weighted by molar-refractivity contribution is 5.91. The number of ether oxygens (including phenoxy) is 2. The van der Waals surface area contributed by atoms with Gasteiger partial charge in [-0.15, -0.1) is 0 Å². The minimum Gasteiger partial charge on any atom is -0.457 e. The van der Waals surface area contributed by atoms with Crippen molar-refractivity contribution in [2.45, 2.75) is 45.3 Å². The number of nitrogens with zero attached hydrogens (tertiary/aromatic N) is 1. The second-order valence-corrected chi connectivity index (χ2v) is 8.90. The summed E-state index contributed by atoms with van der Waals surface area (Å²) in [5.41, 5.74) is 6.23. The van der Waals surface area contributed by atoms with Gasteiger partial charge in [-0.2, -0.15) is 0 Å². The van der Waals surface area contributed by atoms with Gasteiger partial charge in [0.15, 0.2) is 0 Å². The molecule has 184 valence electrons. The van der Waals surface area contributed by atoms with Gasteiger partial charge in [0.05, 0.1) is 0 Å². The first-order chi connectivity index (χ1) is 16.6. The standard InChI is InChI=1S/C26H30N4O5/c1-26(2,3)35-25(33)29-22(24(27)32)14-15-23(31)28-18-6-10-20(11-7-18)34-21-12-8-19(9-13-21)30-16-4-5-17-30/h4-13,16-17,22H,14-15H2,1-3H3,(H2,27,32)(H,28,31)(H,29,33)/t22-/m0/s1. The average molecular weight is 479 g/mol. The van der Waals surface area contributed by atoms with Crippen molar-refractivity contribution in [3.8, 4) is 17.2 Å². The molecule has 0 fully saturated rings. The van der Waals surface area contributed by atoms with Crippen LogP contribution in [0.3, 0.4) is 0 Å². The van der Waals surface area contributed by atoms with Gasteiger partial charge in [-0.05, 0) is 87.9 Å². The third-order valence-electron chi connectivity index (χ3n) is 4.81. The highest BCUT2D eigenvalue weighted by Crippen LogP contribution is 2.24. The van der Waals surface area contributed by atoms with E-state index in [0.29, 0.717) is 17.2 Å². The van der Waals surface area contributed by atoms with Crippen molar-refractivity contribution in [1.29, 1.82) is 0 Å². The Hall–Kier alpha value is -4.27. The predicted molar refractivity (Wildman–Crippen MR) is 133 cm³/mol. The van der Waals surface area contributed by atoms with Crippen LogP contribution in [0.15, 0.2) is 73.1 Å². The molecule has 0 saturated carbocycles. The zero-order valence-corrected chi connectivity index (χ0v) is 20.0. The summed E-state index contributed by atoms with van der Waals surface area (Å²) in [7, 11) is 0. The topological polar surface area (TPSA) is 125 Å². The monoisotopic (exact) mass is 478 g/mol. The second kappa shape index (κ2) is 11.2. The van der Waals surface area contributed by atoms with Crippen LogP contribution in [0.25, 0.3) is 5.69 Å². The van der Waals surface area contributed by atoms with Crippen LogP contribution in [-0.4, -0.2) is 34.1 Å². The number of hydrogen-bond donors (Lipinski definition) is 3. The lowest BCUT2D eigenvalue weighted by Crippen LogP contribution is -2.46. The molecule has 0 radical (unpaired) electrons. The highest BCUT2D eigenvalue weighted by Gasteiger charge is 2.23. The van der Waals surface area contributed by atoms with E-state index in [1.165, 1.54) is 0 Å². The number of anilines is 1. The maximum atomic E-state index is 12.3. The van der Waals surface area contributed by atoms with Gasteiger partial charge in [-0.3, -0.25) is 9.59 Å². The van der Waals surface area contributed by atoms with Crippen LogP contribution in [0.1, 0.15) is 33.6 Å². The molecule has 0 aliphatic heterocycles. The summed E-state index contributed by atoms with van der Waals surface area (Å²) >= 11 is 0. The van der Waals surface area contributed by atoms with E-state index in [9.17, 15) is 14.4 Å². The van der Waals surface area contributed by atoms with Crippen LogP contribution < -0.4 is 21.1 Å².